The van der Waals surface area contributed by atoms with Crippen LogP contribution in [0.25, 0.3) is 175 Å². The SMILES string of the molecule is Brc1ccc2ccc3ccccc3c2c1.c1ccc2c(-c3ccc(-c4ccc(N(c5ccc(-c6cccc7c6oc6ccccc67)cc5)c5ccc6ccc7ccccc7c6c5)cc4)cc3)cccc2c1.c1ccc2c(-c3ccc(-c4ccc(Nc5ccc(-c6cccc7c6oc6ccccc67)cc5)cc4)cc3)cccc2c1. The van der Waals surface area contributed by atoms with Gasteiger partial charge in [0, 0.05) is 65.6 Å². The summed E-state index contributed by atoms with van der Waals surface area (Å²) >= 11 is 3.52. The maximum Gasteiger partial charge on any atom is 0.143 e. The summed E-state index contributed by atoms with van der Waals surface area (Å²) < 4.78 is 13.8. The molecule has 0 aliphatic carbocycles. The summed E-state index contributed by atoms with van der Waals surface area (Å²) in [5.41, 5.74) is 23.2. The van der Waals surface area contributed by atoms with E-state index in [2.05, 4.69) is 427 Å². The van der Waals surface area contributed by atoms with Crippen molar-refractivity contribution in [1.82, 2.24) is 0 Å². The van der Waals surface area contributed by atoms with Gasteiger partial charge in [0.25, 0.3) is 0 Å². The molecule has 0 radical (unpaired) electrons. The Labute approximate surface area is 663 Å². The third kappa shape index (κ3) is 13.2. The fourth-order valence-corrected chi connectivity index (χ4v) is 16.7. The van der Waals surface area contributed by atoms with Gasteiger partial charge in [0.2, 0.25) is 0 Å². The lowest BCUT2D eigenvalue weighted by molar-refractivity contribution is 0.669. The van der Waals surface area contributed by atoms with Gasteiger partial charge in [0.05, 0.1) is 0 Å². The summed E-state index contributed by atoms with van der Waals surface area (Å²) in [6.45, 7) is 0. The summed E-state index contributed by atoms with van der Waals surface area (Å²) in [5, 5.41) is 23.4. The number of hydrogen-bond donors (Lipinski definition) is 1. The molecule has 22 aromatic rings. The Bertz CT molecular complexity index is 7300. The zero-order valence-electron chi connectivity index (χ0n) is 61.6. The number of nitrogens with zero attached hydrogens (tertiary/aromatic N) is 1. The van der Waals surface area contributed by atoms with E-state index in [1.54, 1.807) is 0 Å². The van der Waals surface area contributed by atoms with E-state index in [1.165, 1.54) is 109 Å². The molecule has 0 saturated heterocycles. The minimum Gasteiger partial charge on any atom is -0.455 e. The minimum atomic E-state index is 0.908. The van der Waals surface area contributed by atoms with Crippen LogP contribution in [0.5, 0.6) is 0 Å². The first-order valence-corrected chi connectivity index (χ1v) is 39.1. The topological polar surface area (TPSA) is 41.6 Å². The molecular weight excluding hydrogens is 1440 g/mol. The Morgan fingerprint density at radius 1 is 0.195 bits per heavy atom. The molecule has 0 spiro atoms. The number of benzene rings is 20. The van der Waals surface area contributed by atoms with Crippen molar-refractivity contribution in [3.05, 3.63) is 429 Å². The van der Waals surface area contributed by atoms with Crippen LogP contribution in [0.2, 0.25) is 0 Å². The second-order valence-corrected chi connectivity index (χ2v) is 29.7. The molecule has 0 aliphatic rings. The summed E-state index contributed by atoms with van der Waals surface area (Å²) in [6, 6.07) is 151. The number of hydrogen-bond acceptors (Lipinski definition) is 4. The smallest absolute Gasteiger partial charge is 0.143 e. The van der Waals surface area contributed by atoms with Gasteiger partial charge in [-0.1, -0.05) is 356 Å². The van der Waals surface area contributed by atoms with Crippen LogP contribution in [0, 0.1) is 0 Å². The predicted molar refractivity (Wildman–Crippen MR) is 484 cm³/mol. The van der Waals surface area contributed by atoms with Gasteiger partial charge in [-0.15, -0.1) is 0 Å². The van der Waals surface area contributed by atoms with Crippen molar-refractivity contribution < 1.29 is 8.83 Å². The van der Waals surface area contributed by atoms with Gasteiger partial charge in [0.15, 0.2) is 0 Å². The fourth-order valence-electron chi connectivity index (χ4n) is 16.4. The largest absolute Gasteiger partial charge is 0.455 e. The Morgan fingerprint density at radius 2 is 0.478 bits per heavy atom. The molecule has 0 saturated carbocycles. The third-order valence-corrected chi connectivity index (χ3v) is 22.6. The standard InChI is InChI=1S/C54H35NO.C40H27NO.C14H9Br/c1-3-12-46-38(9-1)11-7-15-47(46)40-21-19-36(20-22-40)37-25-30-43(31-26-37)55(45-34-29-42-24-23-39-10-2-4-13-48(39)52(42)35-45)44-32-27-41(28-33-44)49-16-8-17-51-50-14-5-6-18-53(50)56-54(49)51;1-2-9-34-29(7-1)8-5-11-35(34)30-17-15-27(16-18-30)28-19-23-32(24-20-28)41-33-25-21-31(22-26-33)36-12-6-13-38-37-10-3-4-14-39(37)42-40(36)38;15-12-8-7-11-6-5-10-3-1-2-4-13(10)14(11)9-12/h1-35H;1-26,41H;1-9H. The second kappa shape index (κ2) is 29.6. The van der Waals surface area contributed by atoms with Gasteiger partial charge in [-0.05, 0) is 205 Å². The quantitative estimate of drug-likeness (QED) is 0.131. The first-order valence-electron chi connectivity index (χ1n) is 38.3. The molecule has 113 heavy (non-hydrogen) atoms. The molecule has 532 valence electrons. The molecule has 22 rings (SSSR count). The Kier molecular flexibility index (Phi) is 17.8. The number of halogens is 1. The Morgan fingerprint density at radius 3 is 0.938 bits per heavy atom. The Balaban J connectivity index is 0.000000127. The highest BCUT2D eigenvalue weighted by molar-refractivity contribution is 9.10. The molecule has 0 aliphatic heterocycles. The van der Waals surface area contributed by atoms with Crippen LogP contribution in [0.3, 0.4) is 0 Å². The lowest BCUT2D eigenvalue weighted by atomic mass is 9.96. The van der Waals surface area contributed by atoms with E-state index in [4.69, 9.17) is 8.83 Å². The molecule has 4 nitrogen and oxygen atoms in total. The second-order valence-electron chi connectivity index (χ2n) is 28.8. The average Bonchev–Trinajstić information content (AvgIpc) is 1.76. The summed E-state index contributed by atoms with van der Waals surface area (Å²) in [4.78, 5) is 2.36. The van der Waals surface area contributed by atoms with E-state index in [-0.39, 0.29) is 0 Å². The molecule has 2 heterocycles. The van der Waals surface area contributed by atoms with Crippen molar-refractivity contribution in [3.63, 3.8) is 0 Å². The monoisotopic (exact) mass is 1510 g/mol. The molecule has 0 bridgehead atoms. The third-order valence-electron chi connectivity index (χ3n) is 22.1. The van der Waals surface area contributed by atoms with Crippen molar-refractivity contribution in [2.24, 2.45) is 0 Å². The van der Waals surface area contributed by atoms with E-state index in [9.17, 15) is 0 Å². The average molecular weight is 1510 g/mol. The maximum absolute atomic E-state index is 6.41. The molecular formula is C108H71BrN2O2. The van der Waals surface area contributed by atoms with Crippen molar-refractivity contribution >= 4 is 153 Å². The first kappa shape index (κ1) is 68.0. The molecule has 2 aromatic heterocycles. The van der Waals surface area contributed by atoms with Crippen molar-refractivity contribution in [3.8, 4) is 66.8 Å². The lowest BCUT2D eigenvalue weighted by Crippen LogP contribution is -2.09. The van der Waals surface area contributed by atoms with E-state index in [0.29, 0.717) is 0 Å². The highest BCUT2D eigenvalue weighted by atomic mass is 79.9. The predicted octanol–water partition coefficient (Wildman–Crippen LogP) is 31.8. The first-order chi connectivity index (χ1) is 55.9. The van der Waals surface area contributed by atoms with Crippen LogP contribution < -0.4 is 10.2 Å². The number of rotatable bonds is 11. The van der Waals surface area contributed by atoms with Crippen LogP contribution in [-0.4, -0.2) is 0 Å². The zero-order valence-corrected chi connectivity index (χ0v) is 63.1. The number of fused-ring (bicyclic) bond motifs is 14. The van der Waals surface area contributed by atoms with Crippen LogP contribution in [0.15, 0.2) is 438 Å². The number of anilines is 5. The fraction of sp³-hybridized carbons (Fsp3) is 0. The van der Waals surface area contributed by atoms with E-state index < -0.39 is 0 Å². The lowest BCUT2D eigenvalue weighted by Gasteiger charge is -2.26. The molecule has 0 unspecified atom stereocenters. The molecule has 0 atom stereocenters. The highest BCUT2D eigenvalue weighted by Crippen LogP contribution is 2.44. The van der Waals surface area contributed by atoms with Crippen LogP contribution in [0.1, 0.15) is 0 Å². The van der Waals surface area contributed by atoms with Crippen LogP contribution in [0.4, 0.5) is 28.4 Å². The van der Waals surface area contributed by atoms with Gasteiger partial charge in [-0.3, -0.25) is 0 Å². The zero-order chi connectivity index (χ0) is 75.1. The van der Waals surface area contributed by atoms with Crippen LogP contribution >= 0.6 is 15.9 Å². The van der Waals surface area contributed by atoms with Gasteiger partial charge in [0.1, 0.15) is 22.3 Å². The summed E-state index contributed by atoms with van der Waals surface area (Å²) in [5.74, 6) is 0. The molecule has 0 fully saturated rings. The number of nitrogens with one attached hydrogen (secondary N) is 1. The maximum atomic E-state index is 6.41. The van der Waals surface area contributed by atoms with E-state index >= 15 is 0 Å². The van der Waals surface area contributed by atoms with E-state index in [1.807, 2.05) is 24.3 Å². The molecule has 5 heteroatoms. The van der Waals surface area contributed by atoms with E-state index in [0.717, 1.165) is 99.0 Å². The highest BCUT2D eigenvalue weighted by Gasteiger charge is 2.19. The van der Waals surface area contributed by atoms with Crippen molar-refractivity contribution in [1.29, 1.82) is 0 Å². The van der Waals surface area contributed by atoms with Gasteiger partial charge >= 0.3 is 0 Å². The van der Waals surface area contributed by atoms with Crippen molar-refractivity contribution in [2.75, 3.05) is 10.2 Å². The van der Waals surface area contributed by atoms with Crippen molar-refractivity contribution in [2.45, 2.75) is 0 Å². The van der Waals surface area contributed by atoms with Gasteiger partial charge in [-0.25, -0.2) is 0 Å². The minimum absolute atomic E-state index is 0.908. The summed E-state index contributed by atoms with van der Waals surface area (Å²) in [6.07, 6.45) is 0. The van der Waals surface area contributed by atoms with Gasteiger partial charge in [-0.2, -0.15) is 0 Å². The van der Waals surface area contributed by atoms with Gasteiger partial charge < -0.3 is 19.1 Å². The normalized spacial score (nSPS) is 11.4. The molecule has 20 aromatic carbocycles. The Hall–Kier alpha value is -14.4. The molecule has 0 amide bonds. The number of para-hydroxylation sites is 4. The number of furan rings is 2. The molecule has 1 N–H and O–H groups in total. The summed E-state index contributed by atoms with van der Waals surface area (Å²) in [7, 11) is 0. The van der Waals surface area contributed by atoms with Crippen LogP contribution in [-0.2, 0) is 0 Å².